The van der Waals surface area contributed by atoms with Gasteiger partial charge in [0.15, 0.2) is 6.61 Å². The standard InChI is InChI=1S/C27H24N2O7/c1-16-24(25(32)18-9-10-21(28)20(13-18)27(33)34-2)29-11-4-3-8-22(29)26(16)36-14-17-6-5-7-19(12-17)35-15-23(30)31/h3-13H,14-15,28H2,1-2H3,(H,30,31). The van der Waals surface area contributed by atoms with Gasteiger partial charge in [-0.25, -0.2) is 9.59 Å². The number of nitrogens with two attached hydrogens (primary N) is 1. The molecule has 0 spiro atoms. The quantitative estimate of drug-likeness (QED) is 0.206. The number of pyridine rings is 1. The van der Waals surface area contributed by atoms with Gasteiger partial charge in [-0.3, -0.25) is 4.79 Å². The number of hydrogen-bond acceptors (Lipinski definition) is 7. The highest BCUT2D eigenvalue weighted by molar-refractivity contribution is 6.12. The summed E-state index contributed by atoms with van der Waals surface area (Å²) in [6.45, 7) is 1.52. The van der Waals surface area contributed by atoms with E-state index < -0.39 is 18.5 Å². The van der Waals surface area contributed by atoms with E-state index >= 15 is 0 Å². The molecule has 184 valence electrons. The smallest absolute Gasteiger partial charge is 0.341 e. The van der Waals surface area contributed by atoms with Gasteiger partial charge in [-0.2, -0.15) is 0 Å². The van der Waals surface area contributed by atoms with Gasteiger partial charge in [0.1, 0.15) is 23.8 Å². The second-order valence-corrected chi connectivity index (χ2v) is 8.00. The number of carboxylic acids is 1. The molecule has 2 aromatic heterocycles. The van der Waals surface area contributed by atoms with Crippen molar-refractivity contribution in [3.8, 4) is 11.5 Å². The van der Waals surface area contributed by atoms with Crippen LogP contribution in [0.25, 0.3) is 5.52 Å². The van der Waals surface area contributed by atoms with Crippen molar-refractivity contribution in [2.24, 2.45) is 0 Å². The molecule has 0 atom stereocenters. The molecule has 0 aliphatic carbocycles. The number of carbonyl (C=O) groups is 3. The van der Waals surface area contributed by atoms with E-state index in [1.165, 1.54) is 19.2 Å². The maximum absolute atomic E-state index is 13.6. The molecule has 3 N–H and O–H groups in total. The lowest BCUT2D eigenvalue weighted by atomic mass is 10.0. The van der Waals surface area contributed by atoms with Crippen LogP contribution in [0.15, 0.2) is 66.9 Å². The van der Waals surface area contributed by atoms with Crippen LogP contribution in [-0.2, 0) is 16.1 Å². The van der Waals surface area contributed by atoms with Crippen LogP contribution in [0.3, 0.4) is 0 Å². The van der Waals surface area contributed by atoms with Crippen molar-refractivity contribution >= 4 is 28.9 Å². The normalized spacial score (nSPS) is 10.7. The highest BCUT2D eigenvalue weighted by atomic mass is 16.5. The first-order valence-electron chi connectivity index (χ1n) is 11.0. The molecule has 4 aromatic rings. The third kappa shape index (κ3) is 4.85. The summed E-state index contributed by atoms with van der Waals surface area (Å²) >= 11 is 0. The predicted octanol–water partition coefficient (Wildman–Crippen LogP) is 3.89. The fourth-order valence-corrected chi connectivity index (χ4v) is 3.91. The Hall–Kier alpha value is -4.79. The lowest BCUT2D eigenvalue weighted by Gasteiger charge is -2.09. The Bertz CT molecular complexity index is 1470. The minimum absolute atomic E-state index is 0.114. The Kier molecular flexibility index (Phi) is 6.91. The van der Waals surface area contributed by atoms with E-state index in [4.69, 9.17) is 25.1 Å². The molecular weight excluding hydrogens is 464 g/mol. The predicted molar refractivity (Wildman–Crippen MR) is 132 cm³/mol. The van der Waals surface area contributed by atoms with Crippen molar-refractivity contribution in [2.75, 3.05) is 19.5 Å². The van der Waals surface area contributed by atoms with E-state index in [-0.39, 0.29) is 29.2 Å². The van der Waals surface area contributed by atoms with E-state index in [1.54, 1.807) is 47.9 Å². The molecule has 9 heteroatoms. The molecule has 2 aromatic carbocycles. The van der Waals surface area contributed by atoms with Gasteiger partial charge in [0.05, 0.1) is 18.2 Å². The zero-order valence-corrected chi connectivity index (χ0v) is 19.7. The number of anilines is 1. The van der Waals surface area contributed by atoms with Gasteiger partial charge in [0.2, 0.25) is 5.78 Å². The summed E-state index contributed by atoms with van der Waals surface area (Å²) < 4.78 is 17.9. The van der Waals surface area contributed by atoms with Crippen LogP contribution in [0.1, 0.15) is 37.5 Å². The van der Waals surface area contributed by atoms with Gasteiger partial charge >= 0.3 is 11.9 Å². The average Bonchev–Trinajstić information content (AvgIpc) is 3.16. The lowest BCUT2D eigenvalue weighted by molar-refractivity contribution is -0.139. The Balaban J connectivity index is 1.67. The Morgan fingerprint density at radius 2 is 1.81 bits per heavy atom. The van der Waals surface area contributed by atoms with Crippen LogP contribution in [0.4, 0.5) is 5.69 Å². The molecule has 0 saturated heterocycles. The highest BCUT2D eigenvalue weighted by Gasteiger charge is 2.24. The van der Waals surface area contributed by atoms with Crippen molar-refractivity contribution in [1.82, 2.24) is 4.40 Å². The number of carbonyl (C=O) groups excluding carboxylic acids is 2. The van der Waals surface area contributed by atoms with Gasteiger partial charge < -0.3 is 29.5 Å². The van der Waals surface area contributed by atoms with E-state index in [0.717, 1.165) is 5.56 Å². The Morgan fingerprint density at radius 3 is 2.56 bits per heavy atom. The Morgan fingerprint density at radius 1 is 1.00 bits per heavy atom. The van der Waals surface area contributed by atoms with Gasteiger partial charge in [0, 0.05) is 23.0 Å². The number of aliphatic carboxylic acids is 1. The van der Waals surface area contributed by atoms with Crippen molar-refractivity contribution in [1.29, 1.82) is 0 Å². The molecule has 0 unspecified atom stereocenters. The number of benzene rings is 2. The highest BCUT2D eigenvalue weighted by Crippen LogP contribution is 2.33. The van der Waals surface area contributed by atoms with E-state index in [2.05, 4.69) is 0 Å². The van der Waals surface area contributed by atoms with Crippen LogP contribution in [0.5, 0.6) is 11.5 Å². The second-order valence-electron chi connectivity index (χ2n) is 8.00. The maximum Gasteiger partial charge on any atom is 0.341 e. The second kappa shape index (κ2) is 10.2. The fraction of sp³-hybridized carbons (Fsp3) is 0.148. The first kappa shape index (κ1) is 24.3. The summed E-state index contributed by atoms with van der Waals surface area (Å²) in [5.41, 5.74) is 8.98. The van der Waals surface area contributed by atoms with Crippen LogP contribution < -0.4 is 15.2 Å². The van der Waals surface area contributed by atoms with E-state index in [0.29, 0.717) is 28.3 Å². The van der Waals surface area contributed by atoms with Gasteiger partial charge in [-0.15, -0.1) is 0 Å². The minimum Gasteiger partial charge on any atom is -0.486 e. The molecule has 0 saturated carbocycles. The van der Waals surface area contributed by atoms with Crippen LogP contribution in [0, 0.1) is 6.92 Å². The number of carboxylic acid groups (broad SMARTS) is 1. The van der Waals surface area contributed by atoms with Gasteiger partial charge in [-0.05, 0) is 55.0 Å². The number of rotatable bonds is 9. The summed E-state index contributed by atoms with van der Waals surface area (Å²) in [6, 6.07) is 16.9. The van der Waals surface area contributed by atoms with Crippen molar-refractivity contribution in [2.45, 2.75) is 13.5 Å². The van der Waals surface area contributed by atoms with Gasteiger partial charge in [-0.1, -0.05) is 18.2 Å². The van der Waals surface area contributed by atoms with Crippen LogP contribution in [-0.4, -0.2) is 40.9 Å². The number of ketones is 1. The third-order valence-corrected chi connectivity index (χ3v) is 5.61. The number of esters is 1. The van der Waals surface area contributed by atoms with Crippen molar-refractivity contribution in [3.63, 3.8) is 0 Å². The number of nitrogen functional groups attached to an aromatic ring is 1. The molecular formula is C27H24N2O7. The number of hydrogen-bond donors (Lipinski definition) is 2. The molecule has 0 aliphatic heterocycles. The number of nitrogens with zero attached hydrogens (tertiary/aromatic N) is 1. The first-order valence-corrected chi connectivity index (χ1v) is 11.0. The monoisotopic (exact) mass is 488 g/mol. The summed E-state index contributed by atoms with van der Waals surface area (Å²) in [4.78, 5) is 36.4. The SMILES string of the molecule is COC(=O)c1cc(C(=O)c2c(C)c(OCc3cccc(OCC(=O)O)c3)c3ccccn23)ccc1N. The summed E-state index contributed by atoms with van der Waals surface area (Å²) in [7, 11) is 1.25. The van der Waals surface area contributed by atoms with Crippen LogP contribution in [0.2, 0.25) is 0 Å². The topological polar surface area (TPSA) is 130 Å². The molecule has 0 bridgehead atoms. The Labute approximate surface area is 206 Å². The zero-order valence-electron chi connectivity index (χ0n) is 19.7. The lowest BCUT2D eigenvalue weighted by Crippen LogP contribution is -2.11. The van der Waals surface area contributed by atoms with E-state index in [1.807, 2.05) is 18.2 Å². The number of aromatic nitrogens is 1. The molecule has 2 heterocycles. The summed E-state index contributed by atoms with van der Waals surface area (Å²) in [5.74, 6) is -1.06. The molecule has 36 heavy (non-hydrogen) atoms. The summed E-state index contributed by atoms with van der Waals surface area (Å²) in [5, 5.41) is 8.82. The molecule has 0 radical (unpaired) electrons. The first-order chi connectivity index (χ1) is 17.3. The molecule has 0 amide bonds. The maximum atomic E-state index is 13.6. The molecule has 9 nitrogen and oxygen atoms in total. The zero-order chi connectivity index (χ0) is 25.8. The van der Waals surface area contributed by atoms with Crippen LogP contribution >= 0.6 is 0 Å². The average molecular weight is 488 g/mol. The molecule has 0 aliphatic rings. The van der Waals surface area contributed by atoms with Crippen molar-refractivity contribution in [3.05, 3.63) is 94.8 Å². The van der Waals surface area contributed by atoms with Gasteiger partial charge in [0.25, 0.3) is 0 Å². The largest absolute Gasteiger partial charge is 0.486 e. The third-order valence-electron chi connectivity index (χ3n) is 5.61. The number of methoxy groups -OCH3 is 1. The minimum atomic E-state index is -1.07. The number of fused-ring (bicyclic) bond motifs is 1. The molecule has 0 fully saturated rings. The van der Waals surface area contributed by atoms with Crippen molar-refractivity contribution < 1.29 is 33.7 Å². The van der Waals surface area contributed by atoms with E-state index in [9.17, 15) is 14.4 Å². The number of ether oxygens (including phenoxy) is 3. The fourth-order valence-electron chi connectivity index (χ4n) is 3.91. The molecule has 4 rings (SSSR count). The summed E-state index contributed by atoms with van der Waals surface area (Å²) in [6.07, 6.45) is 1.77.